The third kappa shape index (κ3) is 4.08. The van der Waals surface area contributed by atoms with E-state index >= 15 is 0 Å². The van der Waals surface area contributed by atoms with Gasteiger partial charge in [0.25, 0.3) is 0 Å². The molecule has 27 heavy (non-hydrogen) atoms. The Morgan fingerprint density at radius 1 is 1.26 bits per heavy atom. The average Bonchev–Trinajstić information content (AvgIpc) is 2.98. The molecule has 0 spiro atoms. The summed E-state index contributed by atoms with van der Waals surface area (Å²) in [5.41, 5.74) is 2.77. The van der Waals surface area contributed by atoms with Gasteiger partial charge in [-0.1, -0.05) is 6.07 Å². The second-order valence-electron chi connectivity index (χ2n) is 8.03. The molecule has 0 N–H and O–H groups in total. The number of hydrogen-bond acceptors (Lipinski definition) is 5. The molecule has 146 valence electrons. The van der Waals surface area contributed by atoms with E-state index in [1.54, 1.807) is 11.0 Å². The van der Waals surface area contributed by atoms with E-state index in [1.807, 2.05) is 33.8 Å². The lowest BCUT2D eigenvalue weighted by Gasteiger charge is -2.33. The number of carbonyl (C=O) groups is 2. The van der Waals surface area contributed by atoms with Crippen LogP contribution in [0.5, 0.6) is 0 Å². The van der Waals surface area contributed by atoms with Gasteiger partial charge in [0.1, 0.15) is 12.2 Å². The fraction of sp³-hybridized carbons (Fsp3) is 0.550. The summed E-state index contributed by atoms with van der Waals surface area (Å²) in [6.45, 7) is 8.88. The molecule has 1 fully saturated rings. The highest BCUT2D eigenvalue weighted by Crippen LogP contribution is 2.30. The molecule has 1 aromatic rings. The van der Waals surface area contributed by atoms with E-state index in [0.717, 1.165) is 34.4 Å². The van der Waals surface area contributed by atoms with Crippen LogP contribution in [0.3, 0.4) is 0 Å². The molecule has 0 atom stereocenters. The van der Waals surface area contributed by atoms with E-state index in [1.165, 1.54) is 0 Å². The maximum Gasteiger partial charge on any atom is 0.410 e. The number of nitrogens with zero attached hydrogens (tertiary/aromatic N) is 1. The summed E-state index contributed by atoms with van der Waals surface area (Å²) in [6.07, 6.45) is 1.13. The molecule has 0 radical (unpaired) electrons. The first-order chi connectivity index (χ1) is 12.7. The Morgan fingerprint density at radius 2 is 1.93 bits per heavy atom. The number of hydrogen-bond donors (Lipinski definition) is 0. The summed E-state index contributed by atoms with van der Waals surface area (Å²) in [5, 5.41) is 0. The predicted molar refractivity (Wildman–Crippen MR) is 103 cm³/mol. The summed E-state index contributed by atoms with van der Waals surface area (Å²) in [5.74, 6) is -0.206. The van der Waals surface area contributed by atoms with Crippen molar-refractivity contribution in [2.45, 2.75) is 52.7 Å². The molecular weight excluding hydrogens is 366 g/mol. The summed E-state index contributed by atoms with van der Waals surface area (Å²) >= 11 is 0.516. The molecule has 2 heterocycles. The van der Waals surface area contributed by atoms with E-state index < -0.39 is 5.60 Å². The molecule has 0 aliphatic carbocycles. The zero-order chi connectivity index (χ0) is 19.8. The first-order valence-corrected chi connectivity index (χ1v) is 9.90. The van der Waals surface area contributed by atoms with Gasteiger partial charge in [0.2, 0.25) is 0 Å². The maximum atomic E-state index is 12.2. The second kappa shape index (κ2) is 7.46. The van der Waals surface area contributed by atoms with Gasteiger partial charge in [-0.3, -0.25) is 0 Å². The number of fused-ring (bicyclic) bond motifs is 1. The Balaban J connectivity index is 1.73. The lowest BCUT2D eigenvalue weighted by atomic mass is 9.86. The van der Waals surface area contributed by atoms with Crippen molar-refractivity contribution in [3.8, 4) is 0 Å². The molecule has 1 saturated heterocycles. The molecule has 1 aromatic carbocycles. The molecule has 7 heteroatoms. The van der Waals surface area contributed by atoms with Gasteiger partial charge < -0.3 is 14.4 Å². The number of esters is 1. The van der Waals surface area contributed by atoms with Crippen LogP contribution >= 0.6 is 0 Å². The summed E-state index contributed by atoms with van der Waals surface area (Å²) < 4.78 is 22.5. The first kappa shape index (κ1) is 19.6. The minimum atomic E-state index is -0.517. The van der Waals surface area contributed by atoms with Crippen molar-refractivity contribution in [1.29, 1.82) is 0 Å². The number of likely N-dealkylation sites (tertiary alicyclic amines) is 1. The van der Waals surface area contributed by atoms with Gasteiger partial charge in [-0.15, -0.1) is 0 Å². The monoisotopic (exact) mass is 391 g/mol. The molecule has 2 aliphatic heterocycles. The van der Waals surface area contributed by atoms with Crippen LogP contribution in [0, 0.1) is 12.8 Å². The number of carbonyl (C=O) groups excluding carboxylic acids is 2. The van der Waals surface area contributed by atoms with Crippen LogP contribution in [-0.2, 0) is 27.3 Å². The third-order valence-corrected chi connectivity index (χ3v) is 5.77. The van der Waals surface area contributed by atoms with Crippen LogP contribution in [0.25, 0.3) is 0 Å². The Kier molecular flexibility index (Phi) is 5.42. The topological polar surface area (TPSA) is 72.9 Å². The van der Waals surface area contributed by atoms with Crippen molar-refractivity contribution in [1.82, 2.24) is 4.90 Å². The smallest absolute Gasteiger partial charge is 0.410 e. The van der Waals surface area contributed by atoms with Crippen molar-refractivity contribution in [2.24, 2.45) is 5.92 Å². The van der Waals surface area contributed by atoms with Gasteiger partial charge in [-0.05, 0) is 57.7 Å². The fourth-order valence-electron chi connectivity index (χ4n) is 3.60. The molecule has 2 aliphatic rings. The molecular formula is C20H25NO5S. The van der Waals surface area contributed by atoms with Gasteiger partial charge in [-0.25, -0.2) is 13.8 Å². The van der Waals surface area contributed by atoms with E-state index in [9.17, 15) is 13.8 Å². The molecule has 1 amide bonds. The zero-order valence-electron chi connectivity index (χ0n) is 16.2. The summed E-state index contributed by atoms with van der Waals surface area (Å²) in [4.78, 5) is 26.4. The molecule has 0 aromatic heterocycles. The van der Waals surface area contributed by atoms with Crippen LogP contribution < -0.4 is 0 Å². The van der Waals surface area contributed by atoms with Crippen LogP contribution in [0.15, 0.2) is 12.1 Å². The number of amides is 1. The van der Waals surface area contributed by atoms with Crippen molar-refractivity contribution < 1.29 is 23.3 Å². The molecule has 0 unspecified atom stereocenters. The summed E-state index contributed by atoms with van der Waals surface area (Å²) in [7, 11) is 0. The van der Waals surface area contributed by atoms with E-state index in [-0.39, 0.29) is 24.6 Å². The van der Waals surface area contributed by atoms with Crippen LogP contribution in [0.2, 0.25) is 0 Å². The number of rotatable bonds is 2. The third-order valence-electron chi connectivity index (χ3n) is 5.04. The second-order valence-corrected chi connectivity index (χ2v) is 8.64. The minimum absolute atomic E-state index is 0.0981. The Hall–Kier alpha value is -2.15. The Bertz CT molecular complexity index is 828. The van der Waals surface area contributed by atoms with Crippen molar-refractivity contribution in [3.05, 3.63) is 34.4 Å². The van der Waals surface area contributed by atoms with Gasteiger partial charge in [0, 0.05) is 24.6 Å². The average molecular weight is 391 g/mol. The highest BCUT2D eigenvalue weighted by Gasteiger charge is 2.31. The number of cyclic esters (lactones) is 1. The lowest BCUT2D eigenvalue weighted by molar-refractivity contribution is 0.0202. The molecule has 0 saturated carbocycles. The molecule has 6 nitrogen and oxygen atoms in total. The van der Waals surface area contributed by atoms with E-state index in [4.69, 9.17) is 9.47 Å². The maximum absolute atomic E-state index is 12.2. The highest BCUT2D eigenvalue weighted by atomic mass is 32.1. The first-order valence-electron chi connectivity index (χ1n) is 9.16. The van der Waals surface area contributed by atoms with E-state index in [2.05, 4.69) is 0 Å². The highest BCUT2D eigenvalue weighted by molar-refractivity contribution is 7.67. The summed E-state index contributed by atoms with van der Waals surface area (Å²) in [6, 6.07) is 3.60. The number of piperidine rings is 1. The fourth-order valence-corrected chi connectivity index (χ4v) is 4.28. The van der Waals surface area contributed by atoms with Crippen LogP contribution in [0.4, 0.5) is 4.79 Å². The predicted octanol–water partition coefficient (Wildman–Crippen LogP) is 3.05. The minimum Gasteiger partial charge on any atom is -0.457 e. The quantitative estimate of drug-likeness (QED) is 0.440. The number of ether oxygens (including phenoxy) is 2. The van der Waals surface area contributed by atoms with Gasteiger partial charge in [0.05, 0.1) is 21.7 Å². The zero-order valence-corrected chi connectivity index (χ0v) is 17.0. The normalized spacial score (nSPS) is 17.3. The van der Waals surface area contributed by atoms with Gasteiger partial charge in [-0.2, -0.15) is 0 Å². The number of benzene rings is 1. The van der Waals surface area contributed by atoms with Crippen molar-refractivity contribution in [3.63, 3.8) is 0 Å². The van der Waals surface area contributed by atoms with Crippen molar-refractivity contribution >= 4 is 28.2 Å². The standard InChI is InChI=1S/C20H25NO5S/c1-12-14(5-6-15-16(12)11-25-18(15)22)17(27-24)13-7-9-21(10-8-13)19(23)26-20(2,3)4/h5-6,13H,7-11H2,1-4H3. The SMILES string of the molecule is Cc1c(C(=S=O)C2CCN(C(=O)OC(C)(C)C)CC2)ccc2c1COC2=O. The van der Waals surface area contributed by atoms with Crippen LogP contribution in [-0.4, -0.2) is 44.7 Å². The Morgan fingerprint density at radius 3 is 2.52 bits per heavy atom. The van der Waals surface area contributed by atoms with E-state index in [0.29, 0.717) is 29.9 Å². The lowest BCUT2D eigenvalue weighted by Crippen LogP contribution is -2.43. The van der Waals surface area contributed by atoms with Crippen molar-refractivity contribution in [2.75, 3.05) is 13.1 Å². The Labute approximate surface area is 162 Å². The van der Waals surface area contributed by atoms with Gasteiger partial charge in [0.15, 0.2) is 0 Å². The largest absolute Gasteiger partial charge is 0.457 e. The van der Waals surface area contributed by atoms with Gasteiger partial charge >= 0.3 is 12.1 Å². The molecule has 3 rings (SSSR count). The van der Waals surface area contributed by atoms with Crippen LogP contribution in [0.1, 0.15) is 60.7 Å². The molecule has 0 bridgehead atoms.